The molecule has 1 N–H and O–H groups in total. The number of thioether (sulfide) groups is 1. The molecule has 1 saturated heterocycles. The van der Waals surface area contributed by atoms with Crippen LogP contribution in [0.3, 0.4) is 0 Å². The summed E-state index contributed by atoms with van der Waals surface area (Å²) in [4.78, 5) is 5.95. The van der Waals surface area contributed by atoms with Crippen molar-refractivity contribution >= 4 is 17.6 Å². The zero-order chi connectivity index (χ0) is 14.7. The number of ether oxygens (including phenoxy) is 1. The van der Waals surface area contributed by atoms with Crippen LogP contribution in [0.1, 0.15) is 36.0 Å². The second-order valence-electron chi connectivity index (χ2n) is 5.61. The Morgan fingerprint density at radius 2 is 1.86 bits per heavy atom. The smallest absolute Gasteiger partial charge is 0.278 e. The van der Waals surface area contributed by atoms with E-state index in [0.717, 1.165) is 49.7 Å². The quantitative estimate of drug-likeness (QED) is 0.621. The predicted molar refractivity (Wildman–Crippen MR) is 83.8 cm³/mol. The third-order valence-corrected chi connectivity index (χ3v) is 5.12. The van der Waals surface area contributed by atoms with Crippen molar-refractivity contribution in [2.75, 3.05) is 37.5 Å². The molecule has 2 heterocycles. The molecule has 0 spiro atoms. The van der Waals surface area contributed by atoms with E-state index in [1.165, 1.54) is 36.2 Å². The fraction of sp³-hybridized carbons (Fsp3) is 0.625. The Balaban J connectivity index is 2.12. The molecule has 0 bridgehead atoms. The van der Waals surface area contributed by atoms with Crippen LogP contribution in [0.25, 0.3) is 0 Å². The van der Waals surface area contributed by atoms with E-state index in [9.17, 15) is 5.26 Å². The number of aromatic amines is 1. The Kier molecular flexibility index (Phi) is 4.67. The Hall–Kier alpha value is -1.25. The molecule has 0 atom stereocenters. The third-order valence-electron chi connectivity index (χ3n) is 4.41. The maximum absolute atomic E-state index is 9.58. The zero-order valence-corrected chi connectivity index (χ0v) is 13.4. The van der Waals surface area contributed by atoms with E-state index in [4.69, 9.17) is 4.74 Å². The molecule has 1 fully saturated rings. The maximum Gasteiger partial charge on any atom is 0.278 e. The van der Waals surface area contributed by atoms with E-state index < -0.39 is 0 Å². The summed E-state index contributed by atoms with van der Waals surface area (Å²) in [5, 5.41) is 10.6. The summed E-state index contributed by atoms with van der Waals surface area (Å²) >= 11 is 1.64. The molecular formula is C16H22N3OS+. The van der Waals surface area contributed by atoms with Crippen LogP contribution >= 0.6 is 11.8 Å². The van der Waals surface area contributed by atoms with Crippen LogP contribution in [0.5, 0.6) is 0 Å². The van der Waals surface area contributed by atoms with Crippen molar-refractivity contribution in [1.29, 1.82) is 5.26 Å². The second-order valence-corrected chi connectivity index (χ2v) is 6.43. The van der Waals surface area contributed by atoms with Gasteiger partial charge in [0.2, 0.25) is 0 Å². The standard InChI is InChI=1S/C16H21N3OS/c1-21-16-14(11-17)12-5-3-2-4-6-13(12)15(18-16)19-7-9-20-10-8-19/h2-10H2,1H3/p+1. The van der Waals surface area contributed by atoms with Gasteiger partial charge in [0.1, 0.15) is 24.7 Å². The molecule has 0 aromatic carbocycles. The van der Waals surface area contributed by atoms with Gasteiger partial charge in [-0.25, -0.2) is 4.98 Å². The number of nitrogens with one attached hydrogen (secondary N) is 1. The van der Waals surface area contributed by atoms with Gasteiger partial charge in [-0.3, -0.25) is 4.90 Å². The number of hydrogen-bond donors (Lipinski definition) is 0. The van der Waals surface area contributed by atoms with Crippen LogP contribution in [0, 0.1) is 11.3 Å². The van der Waals surface area contributed by atoms with Gasteiger partial charge in [-0.2, -0.15) is 5.26 Å². The van der Waals surface area contributed by atoms with Crippen molar-refractivity contribution in [3.8, 4) is 6.07 Å². The monoisotopic (exact) mass is 304 g/mol. The van der Waals surface area contributed by atoms with E-state index in [2.05, 4.69) is 16.0 Å². The number of pyridine rings is 1. The van der Waals surface area contributed by atoms with Crippen molar-refractivity contribution in [3.05, 3.63) is 16.7 Å². The molecule has 2 aliphatic rings. The predicted octanol–water partition coefficient (Wildman–Crippen LogP) is 2.20. The number of rotatable bonds is 2. The molecule has 4 nitrogen and oxygen atoms in total. The summed E-state index contributed by atoms with van der Waals surface area (Å²) in [7, 11) is 0. The summed E-state index contributed by atoms with van der Waals surface area (Å²) in [5.74, 6) is 1.23. The molecular weight excluding hydrogens is 282 g/mol. The second kappa shape index (κ2) is 6.67. The molecule has 21 heavy (non-hydrogen) atoms. The lowest BCUT2D eigenvalue weighted by molar-refractivity contribution is -0.414. The number of aromatic nitrogens is 1. The van der Waals surface area contributed by atoms with Gasteiger partial charge in [0.15, 0.2) is 5.03 Å². The minimum atomic E-state index is 0.789. The average molecular weight is 304 g/mol. The van der Waals surface area contributed by atoms with E-state index >= 15 is 0 Å². The Bertz CT molecular complexity index is 562. The van der Waals surface area contributed by atoms with Crippen molar-refractivity contribution in [1.82, 2.24) is 0 Å². The number of fused-ring (bicyclic) bond motifs is 1. The summed E-state index contributed by atoms with van der Waals surface area (Å²) in [6, 6.07) is 2.44. The number of anilines is 1. The van der Waals surface area contributed by atoms with E-state index in [-0.39, 0.29) is 0 Å². The fourth-order valence-electron chi connectivity index (χ4n) is 3.33. The normalized spacial score (nSPS) is 18.8. The molecule has 5 heteroatoms. The van der Waals surface area contributed by atoms with Gasteiger partial charge in [-0.15, -0.1) is 0 Å². The number of H-pyrrole nitrogens is 1. The lowest BCUT2D eigenvalue weighted by atomic mass is 9.99. The molecule has 0 saturated carbocycles. The minimum Gasteiger partial charge on any atom is -0.373 e. The molecule has 1 aliphatic carbocycles. The van der Waals surface area contributed by atoms with Crippen molar-refractivity contribution in [2.45, 2.75) is 37.1 Å². The molecule has 0 radical (unpaired) electrons. The first-order valence-electron chi connectivity index (χ1n) is 7.73. The molecule has 1 aromatic rings. The van der Waals surface area contributed by atoms with E-state index in [1.54, 1.807) is 11.8 Å². The molecule has 1 aromatic heterocycles. The first-order valence-corrected chi connectivity index (χ1v) is 8.95. The van der Waals surface area contributed by atoms with Crippen LogP contribution in [0.15, 0.2) is 5.03 Å². The molecule has 0 amide bonds. The summed E-state index contributed by atoms with van der Waals surface area (Å²) in [5.41, 5.74) is 3.54. The molecule has 1 aliphatic heterocycles. The fourth-order valence-corrected chi connectivity index (χ4v) is 3.90. The SMILES string of the molecule is CSc1[nH+]c(N2CCOCC2)c2c(c1C#N)CCCCC2. The van der Waals surface area contributed by atoms with Gasteiger partial charge < -0.3 is 4.74 Å². The van der Waals surface area contributed by atoms with Gasteiger partial charge in [-0.05, 0) is 37.5 Å². The van der Waals surface area contributed by atoms with Gasteiger partial charge in [0, 0.05) is 5.56 Å². The Morgan fingerprint density at radius 1 is 1.14 bits per heavy atom. The number of morpholine rings is 1. The van der Waals surface area contributed by atoms with Crippen LogP contribution in [-0.2, 0) is 17.6 Å². The number of nitriles is 1. The van der Waals surface area contributed by atoms with Crippen LogP contribution < -0.4 is 9.88 Å². The van der Waals surface area contributed by atoms with Crippen LogP contribution in [0.2, 0.25) is 0 Å². The van der Waals surface area contributed by atoms with Crippen molar-refractivity contribution in [3.63, 3.8) is 0 Å². The van der Waals surface area contributed by atoms with Gasteiger partial charge >= 0.3 is 0 Å². The van der Waals surface area contributed by atoms with E-state index in [1.807, 2.05) is 6.26 Å². The molecule has 3 rings (SSSR count). The maximum atomic E-state index is 9.58. The highest BCUT2D eigenvalue weighted by molar-refractivity contribution is 7.98. The van der Waals surface area contributed by atoms with Crippen LogP contribution in [0.4, 0.5) is 5.82 Å². The van der Waals surface area contributed by atoms with Gasteiger partial charge in [0.25, 0.3) is 5.82 Å². The summed E-state index contributed by atoms with van der Waals surface area (Å²) in [6.07, 6.45) is 7.85. The molecule has 0 unspecified atom stereocenters. The lowest BCUT2D eigenvalue weighted by Crippen LogP contribution is -2.41. The highest BCUT2D eigenvalue weighted by Gasteiger charge is 2.29. The minimum absolute atomic E-state index is 0.789. The zero-order valence-electron chi connectivity index (χ0n) is 12.6. The first kappa shape index (κ1) is 14.7. The molecule has 112 valence electrons. The topological polar surface area (TPSA) is 50.4 Å². The van der Waals surface area contributed by atoms with Gasteiger partial charge in [-0.1, -0.05) is 18.2 Å². The summed E-state index contributed by atoms with van der Waals surface area (Å²) in [6.45, 7) is 3.44. The number of nitrogens with zero attached hydrogens (tertiary/aromatic N) is 2. The van der Waals surface area contributed by atoms with Crippen molar-refractivity contribution < 1.29 is 9.72 Å². The average Bonchev–Trinajstić information content (AvgIpc) is 2.80. The largest absolute Gasteiger partial charge is 0.373 e. The van der Waals surface area contributed by atoms with Crippen LogP contribution in [-0.4, -0.2) is 32.6 Å². The lowest BCUT2D eigenvalue weighted by Gasteiger charge is -2.24. The highest BCUT2D eigenvalue weighted by Crippen LogP contribution is 2.32. The van der Waals surface area contributed by atoms with E-state index in [0.29, 0.717) is 0 Å². The Morgan fingerprint density at radius 3 is 2.52 bits per heavy atom. The van der Waals surface area contributed by atoms with Gasteiger partial charge in [0.05, 0.1) is 13.2 Å². The van der Waals surface area contributed by atoms with Crippen molar-refractivity contribution in [2.24, 2.45) is 0 Å². The number of hydrogen-bond acceptors (Lipinski definition) is 4. The highest BCUT2D eigenvalue weighted by atomic mass is 32.2. The third kappa shape index (κ3) is 2.88. The summed E-state index contributed by atoms with van der Waals surface area (Å²) < 4.78 is 5.48. The Labute approximate surface area is 130 Å². The first-order chi connectivity index (χ1) is 10.3.